The number of hydrogen-bond donors (Lipinski definition) is 2. The van der Waals surface area contributed by atoms with E-state index < -0.39 is 0 Å². The molecule has 1 fully saturated rings. The molecule has 1 aliphatic rings. The predicted molar refractivity (Wildman–Crippen MR) is 55.2 cm³/mol. The summed E-state index contributed by atoms with van der Waals surface area (Å²) in [6, 6.07) is 0.446. The van der Waals surface area contributed by atoms with Gasteiger partial charge in [-0.1, -0.05) is 20.8 Å². The van der Waals surface area contributed by atoms with Gasteiger partial charge in [0.05, 0.1) is 0 Å². The highest BCUT2D eigenvalue weighted by Crippen LogP contribution is 2.16. The molecule has 1 rings (SSSR count). The normalized spacial score (nSPS) is 21.0. The van der Waals surface area contributed by atoms with Gasteiger partial charge in [0.2, 0.25) is 0 Å². The minimum Gasteiger partial charge on any atom is -0.327 e. The third-order valence-electron chi connectivity index (χ3n) is 2.46. The van der Waals surface area contributed by atoms with Gasteiger partial charge in [0.1, 0.15) is 0 Å². The van der Waals surface area contributed by atoms with E-state index in [2.05, 4.69) is 12.2 Å². The lowest BCUT2D eigenvalue weighted by Crippen LogP contribution is -2.38. The molecule has 1 unspecified atom stereocenters. The molecule has 0 spiro atoms. The highest BCUT2D eigenvalue weighted by molar-refractivity contribution is 4.76. The van der Waals surface area contributed by atoms with Gasteiger partial charge in [0, 0.05) is 6.04 Å². The Morgan fingerprint density at radius 3 is 2.25 bits per heavy atom. The Kier molecular flexibility index (Phi) is 7.51. The first-order valence-electron chi connectivity index (χ1n) is 5.31. The van der Waals surface area contributed by atoms with Crippen molar-refractivity contribution in [3.8, 4) is 0 Å². The fraction of sp³-hybridized carbons (Fsp3) is 1.00. The van der Waals surface area contributed by atoms with E-state index in [1.54, 1.807) is 0 Å². The lowest BCUT2D eigenvalue weighted by molar-refractivity contribution is 0.313. The van der Waals surface area contributed by atoms with E-state index in [1.807, 2.05) is 13.8 Å². The average Bonchev–Trinajstić information content (AvgIpc) is 2.21. The number of piperidine rings is 1. The van der Waals surface area contributed by atoms with E-state index in [1.165, 1.54) is 25.9 Å². The van der Waals surface area contributed by atoms with Gasteiger partial charge >= 0.3 is 0 Å². The second kappa shape index (κ2) is 7.56. The van der Waals surface area contributed by atoms with Gasteiger partial charge < -0.3 is 11.1 Å². The molecule has 2 heteroatoms. The highest BCUT2D eigenvalue weighted by atomic mass is 14.9. The summed E-state index contributed by atoms with van der Waals surface area (Å²) in [4.78, 5) is 0. The van der Waals surface area contributed by atoms with Crippen molar-refractivity contribution in [2.24, 2.45) is 11.7 Å². The zero-order chi connectivity index (χ0) is 9.40. The summed E-state index contributed by atoms with van der Waals surface area (Å²) in [5.74, 6) is 0.784. The number of nitrogens with two attached hydrogens (primary N) is 1. The molecule has 0 aromatic carbocycles. The first-order chi connectivity index (χ1) is 5.84. The Bertz CT molecular complexity index is 87.8. The lowest BCUT2D eigenvalue weighted by Gasteiger charge is -2.27. The van der Waals surface area contributed by atoms with Crippen molar-refractivity contribution in [1.29, 1.82) is 0 Å². The third-order valence-corrected chi connectivity index (χ3v) is 2.46. The summed E-state index contributed by atoms with van der Waals surface area (Å²) >= 11 is 0. The minimum absolute atomic E-state index is 0.446. The summed E-state index contributed by atoms with van der Waals surface area (Å²) < 4.78 is 0. The van der Waals surface area contributed by atoms with Crippen LogP contribution in [0.15, 0.2) is 0 Å². The largest absolute Gasteiger partial charge is 0.327 e. The van der Waals surface area contributed by atoms with Crippen molar-refractivity contribution in [3.05, 3.63) is 0 Å². The molecule has 0 aromatic heterocycles. The summed E-state index contributed by atoms with van der Waals surface area (Å²) in [7, 11) is 0. The molecule has 0 bridgehead atoms. The molecular weight excluding hydrogens is 148 g/mol. The van der Waals surface area contributed by atoms with Gasteiger partial charge in [-0.05, 0) is 38.3 Å². The molecule has 0 aliphatic carbocycles. The predicted octanol–water partition coefficient (Wildman–Crippen LogP) is 1.75. The van der Waals surface area contributed by atoms with E-state index in [9.17, 15) is 0 Å². The maximum Gasteiger partial charge on any atom is 0.00654 e. The highest BCUT2D eigenvalue weighted by Gasteiger charge is 2.17. The van der Waals surface area contributed by atoms with E-state index >= 15 is 0 Å². The summed E-state index contributed by atoms with van der Waals surface area (Å²) in [5.41, 5.74) is 5.92. The van der Waals surface area contributed by atoms with E-state index in [4.69, 9.17) is 5.73 Å². The Hall–Kier alpha value is -0.0800. The zero-order valence-corrected chi connectivity index (χ0v) is 8.77. The van der Waals surface area contributed by atoms with Crippen LogP contribution in [0, 0.1) is 5.92 Å². The van der Waals surface area contributed by atoms with Crippen molar-refractivity contribution >= 4 is 0 Å². The molecule has 0 saturated carbocycles. The van der Waals surface area contributed by atoms with Crippen LogP contribution >= 0.6 is 0 Å². The SMILES string of the molecule is CC.CCC(N)C1CCNCC1. The Morgan fingerprint density at radius 2 is 1.83 bits per heavy atom. The first kappa shape index (κ1) is 11.9. The van der Waals surface area contributed by atoms with Crippen LogP contribution in [0.5, 0.6) is 0 Å². The molecule has 12 heavy (non-hydrogen) atoms. The zero-order valence-electron chi connectivity index (χ0n) is 8.77. The van der Waals surface area contributed by atoms with Crippen molar-refractivity contribution < 1.29 is 0 Å². The molecule has 1 saturated heterocycles. The van der Waals surface area contributed by atoms with Crippen molar-refractivity contribution in [2.45, 2.75) is 46.1 Å². The van der Waals surface area contributed by atoms with Crippen LogP contribution in [0.1, 0.15) is 40.0 Å². The van der Waals surface area contributed by atoms with Crippen LogP contribution < -0.4 is 11.1 Å². The maximum atomic E-state index is 5.92. The van der Waals surface area contributed by atoms with Crippen LogP contribution in [0.25, 0.3) is 0 Å². The van der Waals surface area contributed by atoms with Gasteiger partial charge in [-0.25, -0.2) is 0 Å². The third kappa shape index (κ3) is 4.07. The average molecular weight is 172 g/mol. The standard InChI is InChI=1S/C8H18N2.C2H6/c1-2-8(9)7-3-5-10-6-4-7;1-2/h7-8,10H,2-6,9H2,1H3;1-2H3. The lowest BCUT2D eigenvalue weighted by atomic mass is 9.89. The van der Waals surface area contributed by atoms with Crippen LogP contribution in [-0.4, -0.2) is 19.1 Å². The van der Waals surface area contributed by atoms with Gasteiger partial charge in [-0.3, -0.25) is 0 Å². The van der Waals surface area contributed by atoms with E-state index in [0.717, 1.165) is 12.3 Å². The maximum absolute atomic E-state index is 5.92. The fourth-order valence-corrected chi connectivity index (χ4v) is 1.61. The summed E-state index contributed by atoms with van der Waals surface area (Å²) in [6.07, 6.45) is 3.68. The number of hydrogen-bond acceptors (Lipinski definition) is 2. The van der Waals surface area contributed by atoms with Crippen LogP contribution in [0.4, 0.5) is 0 Å². The van der Waals surface area contributed by atoms with Gasteiger partial charge in [-0.15, -0.1) is 0 Å². The molecule has 74 valence electrons. The summed E-state index contributed by atoms with van der Waals surface area (Å²) in [6.45, 7) is 8.50. The Balaban J connectivity index is 0.000000561. The second-order valence-electron chi connectivity index (χ2n) is 3.16. The van der Waals surface area contributed by atoms with Gasteiger partial charge in [0.15, 0.2) is 0 Å². The van der Waals surface area contributed by atoms with Crippen molar-refractivity contribution in [1.82, 2.24) is 5.32 Å². The minimum atomic E-state index is 0.446. The number of rotatable bonds is 2. The Morgan fingerprint density at radius 1 is 1.33 bits per heavy atom. The molecule has 1 atom stereocenters. The smallest absolute Gasteiger partial charge is 0.00654 e. The first-order valence-corrected chi connectivity index (χ1v) is 5.31. The summed E-state index contributed by atoms with van der Waals surface area (Å²) in [5, 5.41) is 3.34. The fourth-order valence-electron chi connectivity index (χ4n) is 1.61. The molecular formula is C10H24N2. The monoisotopic (exact) mass is 172 g/mol. The molecule has 0 amide bonds. The Labute approximate surface area is 76.9 Å². The van der Waals surface area contributed by atoms with Crippen LogP contribution in [0.3, 0.4) is 0 Å². The van der Waals surface area contributed by atoms with Crippen LogP contribution in [-0.2, 0) is 0 Å². The van der Waals surface area contributed by atoms with Gasteiger partial charge in [-0.2, -0.15) is 0 Å². The van der Waals surface area contributed by atoms with Crippen molar-refractivity contribution in [2.75, 3.05) is 13.1 Å². The molecule has 0 radical (unpaired) electrons. The molecule has 0 aromatic rings. The second-order valence-corrected chi connectivity index (χ2v) is 3.16. The van der Waals surface area contributed by atoms with E-state index in [0.29, 0.717) is 6.04 Å². The van der Waals surface area contributed by atoms with Crippen LogP contribution in [0.2, 0.25) is 0 Å². The van der Waals surface area contributed by atoms with E-state index in [-0.39, 0.29) is 0 Å². The molecule has 1 aliphatic heterocycles. The van der Waals surface area contributed by atoms with Crippen molar-refractivity contribution in [3.63, 3.8) is 0 Å². The molecule has 2 nitrogen and oxygen atoms in total. The number of nitrogens with one attached hydrogen (secondary N) is 1. The topological polar surface area (TPSA) is 38.0 Å². The quantitative estimate of drug-likeness (QED) is 0.666. The van der Waals surface area contributed by atoms with Gasteiger partial charge in [0.25, 0.3) is 0 Å². The molecule has 1 heterocycles. The molecule has 3 N–H and O–H groups in total.